The molecule has 154 valence electrons. The second-order valence-corrected chi connectivity index (χ2v) is 8.61. The molecule has 0 atom stereocenters. The third-order valence-corrected chi connectivity index (χ3v) is 6.48. The number of hydrogen-bond acceptors (Lipinski definition) is 7. The minimum Gasteiger partial charge on any atom is -0.497 e. The van der Waals surface area contributed by atoms with Crippen LogP contribution >= 0.6 is 0 Å². The lowest BCUT2D eigenvalue weighted by Gasteiger charge is -2.18. The molecule has 2 aromatic carbocycles. The van der Waals surface area contributed by atoms with Crippen molar-refractivity contribution in [1.29, 1.82) is 0 Å². The molecule has 0 aliphatic rings. The number of methoxy groups -OCH3 is 2. The monoisotopic (exact) mass is 417 g/mol. The van der Waals surface area contributed by atoms with Gasteiger partial charge in [0.2, 0.25) is 21.7 Å². The fourth-order valence-corrected chi connectivity index (χ4v) is 4.31. The molecule has 0 spiro atoms. The Kier molecular flexibility index (Phi) is 5.90. The van der Waals surface area contributed by atoms with Crippen molar-refractivity contribution in [3.63, 3.8) is 0 Å². The molecule has 0 radical (unpaired) electrons. The number of hydrogen-bond donors (Lipinski definition) is 0. The summed E-state index contributed by atoms with van der Waals surface area (Å²) in [5, 5.41) is 3.94. The molecule has 0 saturated heterocycles. The lowest BCUT2D eigenvalue weighted by Crippen LogP contribution is -2.27. The maximum Gasteiger partial charge on any atom is 0.243 e. The van der Waals surface area contributed by atoms with Gasteiger partial charge in [-0.15, -0.1) is 0 Å². The Morgan fingerprint density at radius 1 is 1.07 bits per heavy atom. The third-order valence-electron chi connectivity index (χ3n) is 4.53. The van der Waals surface area contributed by atoms with Crippen LogP contribution in [-0.2, 0) is 16.6 Å². The Bertz CT molecular complexity index is 1120. The molecule has 3 rings (SSSR count). The highest BCUT2D eigenvalue weighted by Gasteiger charge is 2.26. The first-order valence-corrected chi connectivity index (χ1v) is 10.3. The molecule has 0 N–H and O–H groups in total. The standard InChI is InChI=1S/C20H23N3O5S/c1-13-10-18(14(2)9-17(13)27-5)29(24,25)23(3)12-19-21-20(22-28-19)15-7-6-8-16(11-15)26-4/h6-11H,12H2,1-5H3. The number of benzene rings is 2. The van der Waals surface area contributed by atoms with Gasteiger partial charge in [0.05, 0.1) is 25.7 Å². The van der Waals surface area contributed by atoms with Gasteiger partial charge in [-0.25, -0.2) is 8.42 Å². The summed E-state index contributed by atoms with van der Waals surface area (Å²) in [5.74, 6) is 1.86. The number of aromatic nitrogens is 2. The van der Waals surface area contributed by atoms with Crippen LogP contribution in [-0.4, -0.2) is 44.1 Å². The van der Waals surface area contributed by atoms with E-state index in [4.69, 9.17) is 14.0 Å². The molecule has 3 aromatic rings. The molecule has 0 aliphatic carbocycles. The molecular weight excluding hydrogens is 394 g/mol. The van der Waals surface area contributed by atoms with Crippen LogP contribution in [0.25, 0.3) is 11.4 Å². The minimum absolute atomic E-state index is 0.0518. The summed E-state index contributed by atoms with van der Waals surface area (Å²) in [7, 11) is 0.851. The van der Waals surface area contributed by atoms with Gasteiger partial charge in [-0.05, 0) is 49.2 Å². The van der Waals surface area contributed by atoms with Crippen LogP contribution in [0.4, 0.5) is 0 Å². The van der Waals surface area contributed by atoms with Crippen LogP contribution in [0.2, 0.25) is 0 Å². The van der Waals surface area contributed by atoms with Crippen molar-refractivity contribution in [1.82, 2.24) is 14.4 Å². The summed E-state index contributed by atoms with van der Waals surface area (Å²) in [6.45, 7) is 3.48. The average Bonchev–Trinajstić information content (AvgIpc) is 3.17. The van der Waals surface area contributed by atoms with Gasteiger partial charge in [-0.1, -0.05) is 17.3 Å². The zero-order chi connectivity index (χ0) is 21.2. The molecular formula is C20H23N3O5S. The van der Waals surface area contributed by atoms with Crippen LogP contribution < -0.4 is 9.47 Å². The zero-order valence-corrected chi connectivity index (χ0v) is 17.8. The first-order valence-electron chi connectivity index (χ1n) is 8.85. The Balaban J connectivity index is 1.84. The van der Waals surface area contributed by atoms with Gasteiger partial charge < -0.3 is 14.0 Å². The Labute approximate surface area is 170 Å². The topological polar surface area (TPSA) is 94.8 Å². The molecule has 1 aromatic heterocycles. The van der Waals surface area contributed by atoms with Crippen LogP contribution in [0.15, 0.2) is 45.8 Å². The molecule has 0 saturated carbocycles. The lowest BCUT2D eigenvalue weighted by atomic mass is 10.1. The van der Waals surface area contributed by atoms with Crippen molar-refractivity contribution in [2.24, 2.45) is 0 Å². The largest absolute Gasteiger partial charge is 0.497 e. The number of sulfonamides is 1. The molecule has 0 amide bonds. The Hall–Kier alpha value is -2.91. The second kappa shape index (κ2) is 8.22. The van der Waals surface area contributed by atoms with Crippen molar-refractivity contribution in [2.75, 3.05) is 21.3 Å². The van der Waals surface area contributed by atoms with E-state index in [0.717, 1.165) is 5.56 Å². The summed E-state index contributed by atoms with van der Waals surface area (Å²) < 4.78 is 43.0. The van der Waals surface area contributed by atoms with Gasteiger partial charge in [0.25, 0.3) is 0 Å². The Morgan fingerprint density at radius 3 is 2.52 bits per heavy atom. The van der Waals surface area contributed by atoms with Crippen molar-refractivity contribution in [3.8, 4) is 22.9 Å². The molecule has 0 aliphatic heterocycles. The van der Waals surface area contributed by atoms with E-state index in [1.165, 1.54) is 11.4 Å². The number of ether oxygens (including phenoxy) is 2. The summed E-state index contributed by atoms with van der Waals surface area (Å²) in [5.41, 5.74) is 2.05. The molecule has 0 bridgehead atoms. The number of rotatable bonds is 7. The first kappa shape index (κ1) is 20.8. The fourth-order valence-electron chi connectivity index (χ4n) is 2.90. The zero-order valence-electron chi connectivity index (χ0n) is 17.0. The van der Waals surface area contributed by atoms with Gasteiger partial charge in [0, 0.05) is 12.6 Å². The second-order valence-electron chi connectivity index (χ2n) is 6.59. The number of aryl methyl sites for hydroxylation is 2. The molecule has 29 heavy (non-hydrogen) atoms. The summed E-state index contributed by atoms with van der Waals surface area (Å²) in [6, 6.07) is 10.5. The third kappa shape index (κ3) is 4.25. The van der Waals surface area contributed by atoms with Crippen LogP contribution in [0.5, 0.6) is 11.5 Å². The van der Waals surface area contributed by atoms with Gasteiger partial charge in [0.15, 0.2) is 0 Å². The maximum absolute atomic E-state index is 13.0. The van der Waals surface area contributed by atoms with E-state index in [1.54, 1.807) is 46.3 Å². The SMILES string of the molecule is COc1cccc(-c2noc(CN(C)S(=O)(=O)c3cc(C)c(OC)cc3C)n2)c1. The van der Waals surface area contributed by atoms with E-state index in [0.29, 0.717) is 28.5 Å². The van der Waals surface area contributed by atoms with Crippen molar-refractivity contribution < 1.29 is 22.4 Å². The highest BCUT2D eigenvalue weighted by Crippen LogP contribution is 2.28. The van der Waals surface area contributed by atoms with E-state index < -0.39 is 10.0 Å². The molecule has 9 heteroatoms. The van der Waals surface area contributed by atoms with Gasteiger partial charge in [0.1, 0.15) is 11.5 Å². The normalized spacial score (nSPS) is 11.7. The first-order chi connectivity index (χ1) is 13.8. The Morgan fingerprint density at radius 2 is 1.83 bits per heavy atom. The summed E-state index contributed by atoms with van der Waals surface area (Å²) in [6.07, 6.45) is 0. The predicted molar refractivity (Wildman–Crippen MR) is 107 cm³/mol. The van der Waals surface area contributed by atoms with E-state index in [1.807, 2.05) is 18.2 Å². The summed E-state index contributed by atoms with van der Waals surface area (Å²) >= 11 is 0. The molecule has 1 heterocycles. The van der Waals surface area contributed by atoms with Gasteiger partial charge >= 0.3 is 0 Å². The fraction of sp³-hybridized carbons (Fsp3) is 0.300. The minimum atomic E-state index is -3.75. The highest BCUT2D eigenvalue weighted by atomic mass is 32.2. The molecule has 8 nitrogen and oxygen atoms in total. The molecule has 0 fully saturated rings. The lowest BCUT2D eigenvalue weighted by molar-refractivity contribution is 0.336. The number of nitrogens with zero attached hydrogens (tertiary/aromatic N) is 3. The maximum atomic E-state index is 13.0. The van der Waals surface area contributed by atoms with Crippen LogP contribution in [0.1, 0.15) is 17.0 Å². The van der Waals surface area contributed by atoms with E-state index in [2.05, 4.69) is 10.1 Å². The average molecular weight is 417 g/mol. The van der Waals surface area contributed by atoms with Crippen molar-refractivity contribution >= 4 is 10.0 Å². The van der Waals surface area contributed by atoms with Crippen LogP contribution in [0.3, 0.4) is 0 Å². The van der Waals surface area contributed by atoms with Gasteiger partial charge in [-0.2, -0.15) is 9.29 Å². The smallest absolute Gasteiger partial charge is 0.243 e. The van der Waals surface area contributed by atoms with Gasteiger partial charge in [-0.3, -0.25) is 0 Å². The van der Waals surface area contributed by atoms with Crippen molar-refractivity contribution in [2.45, 2.75) is 25.3 Å². The van der Waals surface area contributed by atoms with E-state index in [-0.39, 0.29) is 17.3 Å². The van der Waals surface area contributed by atoms with Crippen LogP contribution in [0, 0.1) is 13.8 Å². The highest BCUT2D eigenvalue weighted by molar-refractivity contribution is 7.89. The molecule has 0 unspecified atom stereocenters. The van der Waals surface area contributed by atoms with E-state index in [9.17, 15) is 8.42 Å². The summed E-state index contributed by atoms with van der Waals surface area (Å²) in [4.78, 5) is 4.52. The quantitative estimate of drug-likeness (QED) is 0.583. The predicted octanol–water partition coefficient (Wildman–Crippen LogP) is 3.19. The van der Waals surface area contributed by atoms with Crippen molar-refractivity contribution in [3.05, 3.63) is 53.4 Å². The van der Waals surface area contributed by atoms with E-state index >= 15 is 0 Å².